The summed E-state index contributed by atoms with van der Waals surface area (Å²) in [5, 5.41) is 5.77. The van der Waals surface area contributed by atoms with Crippen molar-refractivity contribution in [3.05, 3.63) is 47.1 Å². The minimum absolute atomic E-state index is 0.0258. The smallest absolute Gasteiger partial charge is 0.130 e. The van der Waals surface area contributed by atoms with Crippen LogP contribution in [0.1, 0.15) is 5.69 Å². The van der Waals surface area contributed by atoms with E-state index in [0.29, 0.717) is 22.9 Å². The highest BCUT2D eigenvalue weighted by atomic mass is 16.5. The second kappa shape index (κ2) is 5.81. The number of nitrogens with zero attached hydrogens (tertiary/aromatic N) is 2. The molecule has 0 aliphatic carbocycles. The number of nitrogens with one attached hydrogen (secondary N) is 1. The molecular weight excluding hydrogens is 244 g/mol. The maximum atomic E-state index is 10.2. The fraction of sp³-hybridized carbons (Fsp3) is 0.154. The highest BCUT2D eigenvalue weighted by Gasteiger charge is 2.03. The lowest BCUT2D eigenvalue weighted by atomic mass is 10.2. The number of nitroso groups, excluding NO2 is 1. The Labute approximate surface area is 110 Å². The van der Waals surface area contributed by atoms with Crippen molar-refractivity contribution in [3.63, 3.8) is 0 Å². The molecule has 3 N–H and O–H groups in total. The number of rotatable bonds is 5. The van der Waals surface area contributed by atoms with Crippen LogP contribution in [0.5, 0.6) is 11.5 Å². The fourth-order valence-corrected chi connectivity index (χ4v) is 1.64. The van der Waals surface area contributed by atoms with Gasteiger partial charge in [0, 0.05) is 25.4 Å². The van der Waals surface area contributed by atoms with Crippen LogP contribution in [0.15, 0.2) is 41.7 Å². The minimum atomic E-state index is 0.0258. The lowest BCUT2D eigenvalue weighted by Gasteiger charge is -2.09. The summed E-state index contributed by atoms with van der Waals surface area (Å²) in [6, 6.07) is 8.74. The van der Waals surface area contributed by atoms with Gasteiger partial charge < -0.3 is 15.8 Å². The highest BCUT2D eigenvalue weighted by Crippen LogP contribution is 2.27. The van der Waals surface area contributed by atoms with Gasteiger partial charge in [-0.15, -0.1) is 0 Å². The summed E-state index contributed by atoms with van der Waals surface area (Å²) in [7, 11) is 1.80. The first-order chi connectivity index (χ1) is 9.22. The van der Waals surface area contributed by atoms with Crippen LogP contribution in [0.2, 0.25) is 0 Å². The Morgan fingerprint density at radius 3 is 2.79 bits per heavy atom. The Hall–Kier alpha value is -2.63. The summed E-state index contributed by atoms with van der Waals surface area (Å²) < 4.78 is 5.65. The zero-order valence-corrected chi connectivity index (χ0v) is 10.5. The minimum Gasteiger partial charge on any atom is -0.457 e. The topological polar surface area (TPSA) is 89.6 Å². The summed E-state index contributed by atoms with van der Waals surface area (Å²) in [6.07, 6.45) is 1.57. The number of nitrogen functional groups attached to an aromatic ring is 1. The second-order valence-corrected chi connectivity index (χ2v) is 3.87. The molecule has 1 aromatic heterocycles. The van der Waals surface area contributed by atoms with Gasteiger partial charge >= 0.3 is 0 Å². The highest BCUT2D eigenvalue weighted by molar-refractivity contribution is 5.68. The maximum absolute atomic E-state index is 10.2. The Morgan fingerprint density at radius 1 is 1.32 bits per heavy atom. The van der Waals surface area contributed by atoms with Crippen LogP contribution in [-0.4, -0.2) is 12.0 Å². The molecule has 0 saturated carbocycles. The van der Waals surface area contributed by atoms with Crippen LogP contribution in [0.3, 0.4) is 0 Å². The molecule has 19 heavy (non-hydrogen) atoms. The molecule has 98 valence electrons. The predicted molar refractivity (Wildman–Crippen MR) is 74.2 cm³/mol. The number of hydrogen-bond donors (Lipinski definition) is 2. The van der Waals surface area contributed by atoms with Gasteiger partial charge in [-0.1, -0.05) is 5.18 Å². The van der Waals surface area contributed by atoms with E-state index in [4.69, 9.17) is 10.5 Å². The van der Waals surface area contributed by atoms with Crippen molar-refractivity contribution in [2.45, 2.75) is 6.54 Å². The number of hydrogen-bond acceptors (Lipinski definition) is 6. The third kappa shape index (κ3) is 3.19. The van der Waals surface area contributed by atoms with Crippen LogP contribution < -0.4 is 15.8 Å². The van der Waals surface area contributed by atoms with Gasteiger partial charge in [-0.2, -0.15) is 4.91 Å². The van der Waals surface area contributed by atoms with Gasteiger partial charge in [0.25, 0.3) is 0 Å². The number of ether oxygens (including phenoxy) is 1. The number of pyridine rings is 1. The first kappa shape index (κ1) is 12.8. The van der Waals surface area contributed by atoms with Crippen molar-refractivity contribution in [2.24, 2.45) is 5.18 Å². The molecule has 6 heteroatoms. The van der Waals surface area contributed by atoms with Crippen LogP contribution in [0.25, 0.3) is 0 Å². The molecule has 0 amide bonds. The van der Waals surface area contributed by atoms with E-state index in [0.717, 1.165) is 5.69 Å². The average molecular weight is 258 g/mol. The van der Waals surface area contributed by atoms with Gasteiger partial charge in [0.2, 0.25) is 0 Å². The zero-order chi connectivity index (χ0) is 13.7. The van der Waals surface area contributed by atoms with Gasteiger partial charge in [-0.05, 0) is 18.2 Å². The van der Waals surface area contributed by atoms with Gasteiger partial charge in [0.15, 0.2) is 0 Å². The first-order valence-electron chi connectivity index (χ1n) is 5.72. The van der Waals surface area contributed by atoms with E-state index in [1.165, 1.54) is 0 Å². The van der Waals surface area contributed by atoms with Crippen LogP contribution >= 0.6 is 0 Å². The molecule has 0 radical (unpaired) electrons. The second-order valence-electron chi connectivity index (χ2n) is 3.87. The van der Waals surface area contributed by atoms with E-state index >= 15 is 0 Å². The third-order valence-electron chi connectivity index (χ3n) is 2.54. The molecule has 0 aliphatic rings. The Morgan fingerprint density at radius 2 is 2.11 bits per heavy atom. The molecule has 0 unspecified atom stereocenters. The Bertz CT molecular complexity index is 587. The molecule has 2 rings (SSSR count). The average Bonchev–Trinajstić information content (AvgIpc) is 2.40. The van der Waals surface area contributed by atoms with Gasteiger partial charge in [-0.25, -0.2) is 0 Å². The molecule has 2 aromatic rings. The van der Waals surface area contributed by atoms with Crippen LogP contribution in [0.4, 0.5) is 11.4 Å². The monoisotopic (exact) mass is 258 g/mol. The summed E-state index contributed by atoms with van der Waals surface area (Å²) in [5.74, 6) is 1.21. The summed E-state index contributed by atoms with van der Waals surface area (Å²) in [5.41, 5.74) is 7.86. The molecule has 0 bridgehead atoms. The van der Waals surface area contributed by atoms with Crippen molar-refractivity contribution in [1.29, 1.82) is 0 Å². The maximum Gasteiger partial charge on any atom is 0.130 e. The van der Waals surface area contributed by atoms with Gasteiger partial charge in [0.05, 0.1) is 17.1 Å². The van der Waals surface area contributed by atoms with Crippen molar-refractivity contribution in [3.8, 4) is 11.5 Å². The van der Waals surface area contributed by atoms with Gasteiger partial charge in [0.1, 0.15) is 18.0 Å². The van der Waals surface area contributed by atoms with E-state index in [1.807, 2.05) is 6.07 Å². The molecular formula is C13H14N4O2. The molecule has 0 aliphatic heterocycles. The molecule has 1 heterocycles. The SMILES string of the molecule is CNc1ccc(Oc2ccnc(CN=O)c2)cc1N. The number of aromatic nitrogens is 1. The quantitative estimate of drug-likeness (QED) is 0.635. The third-order valence-corrected chi connectivity index (χ3v) is 2.54. The van der Waals surface area contributed by atoms with E-state index in [2.05, 4.69) is 15.5 Å². The van der Waals surface area contributed by atoms with E-state index in [1.54, 1.807) is 37.5 Å². The Balaban J connectivity index is 2.18. The molecule has 0 saturated heterocycles. The van der Waals surface area contributed by atoms with E-state index in [9.17, 15) is 4.91 Å². The fourth-order valence-electron chi connectivity index (χ4n) is 1.64. The van der Waals surface area contributed by atoms with Crippen molar-refractivity contribution in [2.75, 3.05) is 18.1 Å². The summed E-state index contributed by atoms with van der Waals surface area (Å²) >= 11 is 0. The molecule has 0 fully saturated rings. The van der Waals surface area contributed by atoms with E-state index < -0.39 is 0 Å². The molecule has 0 atom stereocenters. The summed E-state index contributed by atoms with van der Waals surface area (Å²) in [4.78, 5) is 14.2. The van der Waals surface area contributed by atoms with Gasteiger partial charge in [-0.3, -0.25) is 4.98 Å². The van der Waals surface area contributed by atoms with Crippen molar-refractivity contribution < 1.29 is 4.74 Å². The lowest BCUT2D eigenvalue weighted by molar-refractivity contribution is 0.481. The number of benzene rings is 1. The number of nitrogens with two attached hydrogens (primary N) is 1. The molecule has 0 spiro atoms. The summed E-state index contributed by atoms with van der Waals surface area (Å²) in [6.45, 7) is 0.0258. The Kier molecular flexibility index (Phi) is 3.92. The molecule has 6 nitrogen and oxygen atoms in total. The van der Waals surface area contributed by atoms with Crippen LogP contribution in [0, 0.1) is 4.91 Å². The van der Waals surface area contributed by atoms with E-state index in [-0.39, 0.29) is 6.54 Å². The predicted octanol–water partition coefficient (Wildman–Crippen LogP) is 2.76. The number of anilines is 2. The zero-order valence-electron chi connectivity index (χ0n) is 10.5. The first-order valence-corrected chi connectivity index (χ1v) is 5.72. The molecule has 1 aromatic carbocycles. The largest absolute Gasteiger partial charge is 0.457 e. The van der Waals surface area contributed by atoms with Crippen LogP contribution in [-0.2, 0) is 6.54 Å². The lowest BCUT2D eigenvalue weighted by Crippen LogP contribution is -1.96. The standard InChI is InChI=1S/C13H14N4O2/c1-15-13-3-2-10(7-12(13)14)19-11-4-5-16-9(6-11)8-17-18/h2-7,15H,8,14H2,1H3. The van der Waals surface area contributed by atoms with Crippen molar-refractivity contribution >= 4 is 11.4 Å². The van der Waals surface area contributed by atoms with Crippen molar-refractivity contribution in [1.82, 2.24) is 4.98 Å². The normalized spacial score (nSPS) is 9.95.